The first kappa shape index (κ1) is 14.9. The Morgan fingerprint density at radius 3 is 2.70 bits per heavy atom. The molecule has 0 fully saturated rings. The van der Waals surface area contributed by atoms with E-state index in [4.69, 9.17) is 9.47 Å². The van der Waals surface area contributed by atoms with Crippen molar-refractivity contribution in [2.45, 2.75) is 12.5 Å². The zero-order chi connectivity index (χ0) is 16.2. The summed E-state index contributed by atoms with van der Waals surface area (Å²) in [7, 11) is 1.58. The van der Waals surface area contributed by atoms with Crippen LogP contribution in [0.15, 0.2) is 48.5 Å². The first-order chi connectivity index (χ1) is 11.2. The van der Waals surface area contributed by atoms with Crippen LogP contribution in [-0.4, -0.2) is 25.0 Å². The second kappa shape index (κ2) is 6.39. The van der Waals surface area contributed by atoms with Gasteiger partial charge in [-0.1, -0.05) is 12.1 Å². The molecule has 118 valence electrons. The van der Waals surface area contributed by atoms with Gasteiger partial charge in [-0.05, 0) is 36.4 Å². The molecule has 1 unspecified atom stereocenters. The topological polar surface area (TPSA) is 76.7 Å². The van der Waals surface area contributed by atoms with Crippen LogP contribution in [-0.2, 0) is 9.59 Å². The highest BCUT2D eigenvalue weighted by molar-refractivity contribution is 5.97. The van der Waals surface area contributed by atoms with Crippen LogP contribution in [0.3, 0.4) is 0 Å². The molecule has 0 aromatic heterocycles. The fourth-order valence-corrected chi connectivity index (χ4v) is 2.31. The van der Waals surface area contributed by atoms with Crippen LogP contribution in [0.4, 0.5) is 11.4 Å². The second-order valence-corrected chi connectivity index (χ2v) is 5.09. The van der Waals surface area contributed by atoms with Crippen molar-refractivity contribution in [1.29, 1.82) is 0 Å². The number of carbonyl (C=O) groups is 2. The number of hydrogen-bond donors (Lipinski definition) is 2. The SMILES string of the molecule is COc1ccc(NC(=O)CC2Nc3ccccc3OC2=O)cc1. The number of anilines is 2. The molecule has 6 nitrogen and oxygen atoms in total. The van der Waals surface area contributed by atoms with E-state index >= 15 is 0 Å². The second-order valence-electron chi connectivity index (χ2n) is 5.09. The molecule has 0 aliphatic carbocycles. The predicted octanol–water partition coefficient (Wildman–Crippen LogP) is 2.42. The van der Waals surface area contributed by atoms with Crippen LogP contribution in [0.2, 0.25) is 0 Å². The number of benzene rings is 2. The van der Waals surface area contributed by atoms with Crippen LogP contribution in [0.5, 0.6) is 11.5 Å². The van der Waals surface area contributed by atoms with E-state index in [1.807, 2.05) is 6.07 Å². The average molecular weight is 312 g/mol. The lowest BCUT2D eigenvalue weighted by Gasteiger charge is -2.25. The van der Waals surface area contributed by atoms with E-state index in [2.05, 4.69) is 10.6 Å². The molecule has 1 atom stereocenters. The molecule has 3 rings (SSSR count). The largest absolute Gasteiger partial charge is 0.497 e. The molecular formula is C17H16N2O4. The van der Waals surface area contributed by atoms with Crippen LogP contribution in [0, 0.1) is 0 Å². The number of amides is 1. The highest BCUT2D eigenvalue weighted by Gasteiger charge is 2.29. The van der Waals surface area contributed by atoms with Crippen LogP contribution >= 0.6 is 0 Å². The van der Waals surface area contributed by atoms with Gasteiger partial charge in [-0.15, -0.1) is 0 Å². The fourth-order valence-electron chi connectivity index (χ4n) is 2.31. The van der Waals surface area contributed by atoms with Gasteiger partial charge in [0, 0.05) is 5.69 Å². The standard InChI is InChI=1S/C17H16N2O4/c1-22-12-8-6-11(7-9-12)18-16(20)10-14-17(21)23-15-5-3-2-4-13(15)19-14/h2-9,14,19H,10H2,1H3,(H,18,20). The van der Waals surface area contributed by atoms with Gasteiger partial charge < -0.3 is 20.1 Å². The zero-order valence-electron chi connectivity index (χ0n) is 12.5. The summed E-state index contributed by atoms with van der Waals surface area (Å²) in [6, 6.07) is 13.4. The Kier molecular flexibility index (Phi) is 4.14. The monoisotopic (exact) mass is 312 g/mol. The van der Waals surface area contributed by atoms with Crippen molar-refractivity contribution >= 4 is 23.3 Å². The van der Waals surface area contributed by atoms with E-state index in [-0.39, 0.29) is 12.3 Å². The molecule has 1 amide bonds. The summed E-state index contributed by atoms with van der Waals surface area (Å²) in [6.45, 7) is 0. The minimum atomic E-state index is -0.705. The quantitative estimate of drug-likeness (QED) is 0.670. The number of nitrogens with one attached hydrogen (secondary N) is 2. The summed E-state index contributed by atoms with van der Waals surface area (Å²) < 4.78 is 10.3. The predicted molar refractivity (Wildman–Crippen MR) is 85.7 cm³/mol. The third-order valence-electron chi connectivity index (χ3n) is 3.48. The summed E-state index contributed by atoms with van der Waals surface area (Å²) in [4.78, 5) is 24.0. The van der Waals surface area contributed by atoms with Gasteiger partial charge in [0.1, 0.15) is 11.8 Å². The van der Waals surface area contributed by atoms with Crippen molar-refractivity contribution in [3.63, 3.8) is 0 Å². The molecule has 0 saturated heterocycles. The number of para-hydroxylation sites is 2. The number of hydrogen-bond acceptors (Lipinski definition) is 5. The van der Waals surface area contributed by atoms with Gasteiger partial charge >= 0.3 is 5.97 Å². The van der Waals surface area contributed by atoms with Crippen molar-refractivity contribution in [1.82, 2.24) is 0 Å². The Bertz CT molecular complexity index is 728. The molecule has 1 heterocycles. The summed E-state index contributed by atoms with van der Waals surface area (Å²) >= 11 is 0. The Balaban J connectivity index is 1.62. The normalized spacial score (nSPS) is 15.9. The van der Waals surface area contributed by atoms with E-state index in [1.165, 1.54) is 0 Å². The summed E-state index contributed by atoms with van der Waals surface area (Å²) in [6.07, 6.45) is -0.0147. The average Bonchev–Trinajstić information content (AvgIpc) is 2.56. The number of ether oxygens (including phenoxy) is 2. The molecule has 0 spiro atoms. The lowest BCUT2D eigenvalue weighted by Crippen LogP contribution is -2.39. The van der Waals surface area contributed by atoms with Gasteiger partial charge in [0.05, 0.1) is 19.2 Å². The van der Waals surface area contributed by atoms with Crippen molar-refractivity contribution in [3.05, 3.63) is 48.5 Å². The molecule has 0 bridgehead atoms. The maximum atomic E-state index is 12.1. The van der Waals surface area contributed by atoms with E-state index in [0.717, 1.165) is 0 Å². The van der Waals surface area contributed by atoms with Crippen molar-refractivity contribution in [2.24, 2.45) is 0 Å². The number of carbonyl (C=O) groups excluding carboxylic acids is 2. The molecule has 23 heavy (non-hydrogen) atoms. The Labute approximate surface area is 133 Å². The van der Waals surface area contributed by atoms with Crippen LogP contribution < -0.4 is 20.1 Å². The van der Waals surface area contributed by atoms with Crippen LogP contribution in [0.25, 0.3) is 0 Å². The third kappa shape index (κ3) is 3.42. The molecular weight excluding hydrogens is 296 g/mol. The van der Waals surface area contributed by atoms with E-state index in [0.29, 0.717) is 22.9 Å². The summed E-state index contributed by atoms with van der Waals surface area (Å²) in [5.41, 5.74) is 1.34. The molecule has 6 heteroatoms. The van der Waals surface area contributed by atoms with Crippen molar-refractivity contribution in [2.75, 3.05) is 17.7 Å². The number of fused-ring (bicyclic) bond motifs is 1. The first-order valence-corrected chi connectivity index (χ1v) is 7.17. The van der Waals surface area contributed by atoms with Crippen molar-refractivity contribution in [3.8, 4) is 11.5 Å². The fraction of sp³-hybridized carbons (Fsp3) is 0.176. The van der Waals surface area contributed by atoms with Gasteiger partial charge in [-0.25, -0.2) is 4.79 Å². The van der Waals surface area contributed by atoms with Crippen molar-refractivity contribution < 1.29 is 19.1 Å². The first-order valence-electron chi connectivity index (χ1n) is 7.17. The zero-order valence-corrected chi connectivity index (χ0v) is 12.5. The van der Waals surface area contributed by atoms with Gasteiger partial charge in [0.2, 0.25) is 5.91 Å². The molecule has 1 aliphatic heterocycles. The molecule has 0 radical (unpaired) electrons. The highest BCUT2D eigenvalue weighted by atomic mass is 16.5. The molecule has 2 aromatic rings. The number of methoxy groups -OCH3 is 1. The summed E-state index contributed by atoms with van der Waals surface area (Å²) in [5, 5.41) is 5.77. The van der Waals surface area contributed by atoms with E-state index in [1.54, 1.807) is 49.6 Å². The van der Waals surface area contributed by atoms with Gasteiger partial charge in [-0.2, -0.15) is 0 Å². The smallest absolute Gasteiger partial charge is 0.334 e. The maximum Gasteiger partial charge on any atom is 0.334 e. The molecule has 0 saturated carbocycles. The third-order valence-corrected chi connectivity index (χ3v) is 3.48. The van der Waals surface area contributed by atoms with E-state index < -0.39 is 12.0 Å². The van der Waals surface area contributed by atoms with E-state index in [9.17, 15) is 9.59 Å². The Morgan fingerprint density at radius 1 is 1.22 bits per heavy atom. The minimum Gasteiger partial charge on any atom is -0.497 e. The minimum absolute atomic E-state index is 0.0147. The van der Waals surface area contributed by atoms with Gasteiger partial charge in [0.15, 0.2) is 5.75 Å². The molecule has 2 aromatic carbocycles. The van der Waals surface area contributed by atoms with Gasteiger partial charge in [-0.3, -0.25) is 4.79 Å². The number of esters is 1. The Morgan fingerprint density at radius 2 is 1.96 bits per heavy atom. The highest BCUT2D eigenvalue weighted by Crippen LogP contribution is 2.29. The summed E-state index contributed by atoms with van der Waals surface area (Å²) in [5.74, 6) is 0.444. The van der Waals surface area contributed by atoms with Crippen LogP contribution in [0.1, 0.15) is 6.42 Å². The number of rotatable bonds is 4. The van der Waals surface area contributed by atoms with Gasteiger partial charge in [0.25, 0.3) is 0 Å². The maximum absolute atomic E-state index is 12.1. The lowest BCUT2D eigenvalue weighted by atomic mass is 10.1. The Hall–Kier alpha value is -3.02. The molecule has 2 N–H and O–H groups in total. The lowest BCUT2D eigenvalue weighted by molar-refractivity contribution is -0.137. The molecule has 1 aliphatic rings.